The number of rotatable bonds is 4. The lowest BCUT2D eigenvalue weighted by Gasteiger charge is -2.34. The smallest absolute Gasteiger partial charge is 0.441 e. The van der Waals surface area contributed by atoms with Crippen molar-refractivity contribution in [1.82, 2.24) is 10.3 Å². The number of amides is 1. The van der Waals surface area contributed by atoms with Crippen LogP contribution in [0.1, 0.15) is 6.92 Å². The maximum Gasteiger partial charge on any atom is 0.441 e. The largest absolute Gasteiger partial charge is 0.466 e. The first-order valence-electron chi connectivity index (χ1n) is 5.46. The summed E-state index contributed by atoms with van der Waals surface area (Å²) in [6.07, 6.45) is -3.92. The third-order valence-electron chi connectivity index (χ3n) is 2.32. The molecule has 0 aliphatic carbocycles. The minimum Gasteiger partial charge on any atom is -0.466 e. The first-order valence-corrected chi connectivity index (χ1v) is 6.25. The van der Waals surface area contributed by atoms with E-state index < -0.39 is 23.7 Å². The molecule has 1 rings (SSSR count). The number of aromatic nitrogens is 1. The second-order valence-electron chi connectivity index (χ2n) is 3.91. The highest BCUT2D eigenvalue weighted by molar-refractivity contribution is 9.10. The van der Waals surface area contributed by atoms with Gasteiger partial charge in [0, 0.05) is 17.6 Å². The lowest BCUT2D eigenvalue weighted by Crippen LogP contribution is -2.69. The lowest BCUT2D eigenvalue weighted by atomic mass is 10.1. The number of ether oxygens (including phenoxy) is 1. The minimum atomic E-state index is -5.15. The van der Waals surface area contributed by atoms with Crippen molar-refractivity contribution in [3.8, 4) is 0 Å². The van der Waals surface area contributed by atoms with Crippen molar-refractivity contribution in [3.63, 3.8) is 0 Å². The quantitative estimate of drug-likeness (QED) is 0.625. The molecule has 0 aliphatic rings. The second kappa shape index (κ2) is 6.29. The summed E-state index contributed by atoms with van der Waals surface area (Å²) in [7, 11) is 0.779. The predicted octanol–water partition coefficient (Wildman–Crippen LogP) is 1.82. The van der Waals surface area contributed by atoms with Crippen molar-refractivity contribution in [2.75, 3.05) is 12.4 Å². The number of hydrogen-bond donors (Lipinski definition) is 2. The standard InChI is InChI=1S/C11H11BrF3N3O3/c1-6(19)17-10(9(20)21-2,11(13,14)15)18-8-4-3-7(12)5-16-8/h3-5H,1-2H3,(H,16,18)(H,17,19)/t10-/m1/s1. The Morgan fingerprint density at radius 3 is 2.33 bits per heavy atom. The molecule has 0 bridgehead atoms. The van der Waals surface area contributed by atoms with Crippen LogP contribution in [0.5, 0.6) is 0 Å². The van der Waals surface area contributed by atoms with E-state index in [2.05, 4.69) is 25.7 Å². The zero-order valence-corrected chi connectivity index (χ0v) is 12.5. The molecule has 1 aromatic heterocycles. The third kappa shape index (κ3) is 3.84. The number of nitrogens with one attached hydrogen (secondary N) is 2. The molecule has 0 fully saturated rings. The first-order chi connectivity index (χ1) is 9.62. The summed E-state index contributed by atoms with van der Waals surface area (Å²) in [5.41, 5.74) is -3.42. The van der Waals surface area contributed by atoms with E-state index >= 15 is 0 Å². The van der Waals surface area contributed by atoms with Gasteiger partial charge in [-0.1, -0.05) is 0 Å². The van der Waals surface area contributed by atoms with Gasteiger partial charge in [-0.15, -0.1) is 0 Å². The highest BCUT2D eigenvalue weighted by Crippen LogP contribution is 2.32. The van der Waals surface area contributed by atoms with E-state index in [0.717, 1.165) is 14.0 Å². The molecule has 21 heavy (non-hydrogen) atoms. The Labute approximate surface area is 126 Å². The van der Waals surface area contributed by atoms with E-state index in [-0.39, 0.29) is 5.82 Å². The number of alkyl halides is 3. The van der Waals surface area contributed by atoms with E-state index in [0.29, 0.717) is 4.47 Å². The van der Waals surface area contributed by atoms with Gasteiger partial charge in [0.05, 0.1) is 7.11 Å². The van der Waals surface area contributed by atoms with Crippen molar-refractivity contribution in [2.24, 2.45) is 0 Å². The van der Waals surface area contributed by atoms with Gasteiger partial charge in [-0.2, -0.15) is 13.2 Å². The number of halogens is 4. The van der Waals surface area contributed by atoms with Gasteiger partial charge < -0.3 is 15.4 Å². The van der Waals surface area contributed by atoms with E-state index in [1.54, 1.807) is 5.32 Å². The first kappa shape index (κ1) is 17.2. The molecule has 1 amide bonds. The van der Waals surface area contributed by atoms with Gasteiger partial charge in [0.2, 0.25) is 5.91 Å². The van der Waals surface area contributed by atoms with Gasteiger partial charge in [-0.25, -0.2) is 9.78 Å². The molecular formula is C11H11BrF3N3O3. The van der Waals surface area contributed by atoms with E-state index in [1.807, 2.05) is 5.32 Å². The van der Waals surface area contributed by atoms with Gasteiger partial charge in [-0.3, -0.25) is 4.79 Å². The van der Waals surface area contributed by atoms with Crippen molar-refractivity contribution in [1.29, 1.82) is 0 Å². The van der Waals surface area contributed by atoms with E-state index in [9.17, 15) is 22.8 Å². The van der Waals surface area contributed by atoms with Crippen molar-refractivity contribution >= 4 is 33.6 Å². The molecule has 1 atom stereocenters. The number of anilines is 1. The zero-order valence-electron chi connectivity index (χ0n) is 10.9. The van der Waals surface area contributed by atoms with Crippen molar-refractivity contribution < 1.29 is 27.5 Å². The normalized spacial score (nSPS) is 14.0. The number of pyridine rings is 1. The van der Waals surface area contributed by atoms with Crippen molar-refractivity contribution in [3.05, 3.63) is 22.8 Å². The average Bonchev–Trinajstić information content (AvgIpc) is 2.37. The zero-order chi connectivity index (χ0) is 16.3. The summed E-state index contributed by atoms with van der Waals surface area (Å²) < 4.78 is 44.7. The fourth-order valence-corrected chi connectivity index (χ4v) is 1.68. The minimum absolute atomic E-state index is 0.269. The van der Waals surface area contributed by atoms with Crippen LogP contribution in [0.2, 0.25) is 0 Å². The van der Waals surface area contributed by atoms with Crippen LogP contribution in [-0.2, 0) is 14.3 Å². The molecule has 0 spiro atoms. The van der Waals surface area contributed by atoms with Crippen LogP contribution in [0.25, 0.3) is 0 Å². The Kier molecular flexibility index (Phi) is 5.15. The summed E-state index contributed by atoms with van der Waals surface area (Å²) in [4.78, 5) is 26.4. The Morgan fingerprint density at radius 1 is 1.33 bits per heavy atom. The van der Waals surface area contributed by atoms with Gasteiger partial charge in [0.25, 0.3) is 0 Å². The Morgan fingerprint density at radius 2 is 1.95 bits per heavy atom. The summed E-state index contributed by atoms with van der Waals surface area (Å²) in [6, 6.07) is 2.62. The van der Waals surface area contributed by atoms with Crippen LogP contribution >= 0.6 is 15.9 Å². The monoisotopic (exact) mass is 369 g/mol. The van der Waals surface area contributed by atoms with Crippen LogP contribution < -0.4 is 10.6 Å². The number of nitrogens with zero attached hydrogens (tertiary/aromatic N) is 1. The second-order valence-corrected chi connectivity index (χ2v) is 4.82. The molecule has 2 N–H and O–H groups in total. The Balaban J connectivity index is 3.30. The molecule has 0 saturated heterocycles. The molecule has 1 heterocycles. The highest BCUT2D eigenvalue weighted by atomic mass is 79.9. The number of hydrogen-bond acceptors (Lipinski definition) is 5. The molecule has 0 unspecified atom stereocenters. The maximum absolute atomic E-state index is 13.3. The molecule has 0 aromatic carbocycles. The summed E-state index contributed by atoms with van der Waals surface area (Å²) in [5.74, 6) is -3.05. The highest BCUT2D eigenvalue weighted by Gasteiger charge is 2.63. The van der Waals surface area contributed by atoms with Crippen LogP contribution in [-0.4, -0.2) is 35.8 Å². The number of esters is 1. The predicted molar refractivity (Wildman–Crippen MR) is 70.2 cm³/mol. The lowest BCUT2D eigenvalue weighted by molar-refractivity contribution is -0.206. The molecule has 1 aromatic rings. The topological polar surface area (TPSA) is 80.3 Å². The third-order valence-corrected chi connectivity index (χ3v) is 2.79. The van der Waals surface area contributed by atoms with Crippen LogP contribution in [0, 0.1) is 0 Å². The van der Waals surface area contributed by atoms with Gasteiger partial charge >= 0.3 is 17.8 Å². The summed E-state index contributed by atoms with van der Waals surface area (Å²) >= 11 is 3.07. The fraction of sp³-hybridized carbons (Fsp3) is 0.364. The summed E-state index contributed by atoms with van der Waals surface area (Å²) in [6.45, 7) is 0.847. The van der Waals surface area contributed by atoms with Gasteiger partial charge in [0.1, 0.15) is 5.82 Å². The molecule has 0 radical (unpaired) electrons. The molecule has 6 nitrogen and oxygen atoms in total. The fourth-order valence-electron chi connectivity index (χ4n) is 1.45. The van der Waals surface area contributed by atoms with Gasteiger partial charge in [0.15, 0.2) is 0 Å². The van der Waals surface area contributed by atoms with Crippen LogP contribution in [0.15, 0.2) is 22.8 Å². The van der Waals surface area contributed by atoms with Crippen LogP contribution in [0.4, 0.5) is 19.0 Å². The van der Waals surface area contributed by atoms with Gasteiger partial charge in [-0.05, 0) is 28.1 Å². The Hall–Kier alpha value is -1.84. The number of carbonyl (C=O) groups is 2. The van der Waals surface area contributed by atoms with E-state index in [1.165, 1.54) is 18.3 Å². The SMILES string of the molecule is COC(=O)[C@@](NC(C)=O)(Nc1ccc(Br)cn1)C(F)(F)F. The molecule has 10 heteroatoms. The maximum atomic E-state index is 13.3. The molecule has 116 valence electrons. The molecule has 0 saturated carbocycles. The Bertz CT molecular complexity index is 536. The number of carbonyl (C=O) groups excluding carboxylic acids is 2. The number of methoxy groups -OCH3 is 1. The van der Waals surface area contributed by atoms with E-state index in [4.69, 9.17) is 0 Å². The van der Waals surface area contributed by atoms with Crippen LogP contribution in [0.3, 0.4) is 0 Å². The summed E-state index contributed by atoms with van der Waals surface area (Å²) in [5, 5.41) is 3.42. The molecular weight excluding hydrogens is 359 g/mol. The molecule has 0 aliphatic heterocycles. The van der Waals surface area contributed by atoms with Crippen molar-refractivity contribution in [2.45, 2.75) is 18.8 Å². The average molecular weight is 370 g/mol.